The first-order chi connectivity index (χ1) is 8.19. The first-order valence-electron chi connectivity index (χ1n) is 4.99. The predicted molar refractivity (Wildman–Crippen MR) is 71.1 cm³/mol. The molecule has 0 amide bonds. The van der Waals surface area contributed by atoms with E-state index in [2.05, 4.69) is 0 Å². The molecular weight excluding hydrogens is 258 g/mol. The van der Waals surface area contributed by atoms with Crippen LogP contribution in [0.2, 0.25) is 4.34 Å². The summed E-state index contributed by atoms with van der Waals surface area (Å²) in [6.07, 6.45) is 0. The van der Waals surface area contributed by atoms with Gasteiger partial charge in [0.2, 0.25) is 0 Å². The molecule has 0 spiro atoms. The van der Waals surface area contributed by atoms with Gasteiger partial charge >= 0.3 is 0 Å². The molecule has 0 fully saturated rings. The minimum Gasteiger partial charge on any atom is -0.493 e. The maximum absolute atomic E-state index is 5.84. The van der Waals surface area contributed by atoms with Crippen LogP contribution in [0.1, 0.15) is 4.88 Å². The maximum Gasteiger partial charge on any atom is 0.163 e. The van der Waals surface area contributed by atoms with Crippen molar-refractivity contribution in [2.45, 2.75) is 6.61 Å². The Morgan fingerprint density at radius 2 is 2.06 bits per heavy atom. The van der Waals surface area contributed by atoms with Crippen LogP contribution in [-0.2, 0) is 6.61 Å². The molecule has 2 rings (SSSR count). The lowest BCUT2D eigenvalue weighted by Gasteiger charge is -2.10. The third kappa shape index (κ3) is 3.05. The lowest BCUT2D eigenvalue weighted by Crippen LogP contribution is -1.97. The van der Waals surface area contributed by atoms with Crippen molar-refractivity contribution in [3.63, 3.8) is 0 Å². The van der Waals surface area contributed by atoms with E-state index < -0.39 is 0 Å². The van der Waals surface area contributed by atoms with Crippen molar-refractivity contribution in [3.8, 4) is 11.5 Å². The maximum atomic E-state index is 5.84. The molecule has 1 aromatic heterocycles. The first kappa shape index (κ1) is 12.1. The third-order valence-electron chi connectivity index (χ3n) is 2.19. The zero-order valence-electron chi connectivity index (χ0n) is 9.27. The highest BCUT2D eigenvalue weighted by Crippen LogP contribution is 2.30. The van der Waals surface area contributed by atoms with Crippen LogP contribution in [-0.4, -0.2) is 7.11 Å². The highest BCUT2D eigenvalue weighted by atomic mass is 35.5. The van der Waals surface area contributed by atoms with Crippen molar-refractivity contribution in [1.29, 1.82) is 0 Å². The summed E-state index contributed by atoms with van der Waals surface area (Å²) in [6, 6.07) is 9.08. The number of nitrogens with two attached hydrogens (primary N) is 1. The molecule has 0 aliphatic rings. The van der Waals surface area contributed by atoms with Crippen molar-refractivity contribution in [1.82, 2.24) is 0 Å². The number of nitrogen functional groups attached to an aromatic ring is 1. The molecule has 5 heteroatoms. The second-order valence-electron chi connectivity index (χ2n) is 3.40. The van der Waals surface area contributed by atoms with E-state index in [4.69, 9.17) is 26.8 Å². The van der Waals surface area contributed by atoms with Crippen molar-refractivity contribution in [2.24, 2.45) is 0 Å². The minimum absolute atomic E-state index is 0.456. The van der Waals surface area contributed by atoms with Gasteiger partial charge < -0.3 is 15.2 Å². The quantitative estimate of drug-likeness (QED) is 0.863. The summed E-state index contributed by atoms with van der Waals surface area (Å²) in [4.78, 5) is 1.06. The summed E-state index contributed by atoms with van der Waals surface area (Å²) < 4.78 is 11.6. The van der Waals surface area contributed by atoms with Gasteiger partial charge in [0.25, 0.3) is 0 Å². The Bertz CT molecular complexity index is 513. The average Bonchev–Trinajstić information content (AvgIpc) is 2.73. The molecule has 1 aromatic carbocycles. The van der Waals surface area contributed by atoms with Gasteiger partial charge in [0.1, 0.15) is 6.61 Å². The molecule has 0 bridgehead atoms. The first-order valence-corrected chi connectivity index (χ1v) is 6.19. The Balaban J connectivity index is 2.10. The van der Waals surface area contributed by atoms with Crippen LogP contribution in [0.3, 0.4) is 0 Å². The van der Waals surface area contributed by atoms with E-state index in [9.17, 15) is 0 Å². The molecular formula is C12H12ClNO2S. The normalized spacial score (nSPS) is 10.2. The van der Waals surface area contributed by atoms with Crippen LogP contribution in [0.25, 0.3) is 0 Å². The monoisotopic (exact) mass is 269 g/mol. The number of halogens is 1. The number of hydrogen-bond acceptors (Lipinski definition) is 4. The molecule has 90 valence electrons. The van der Waals surface area contributed by atoms with Gasteiger partial charge in [-0.1, -0.05) is 11.6 Å². The number of ether oxygens (including phenoxy) is 2. The Morgan fingerprint density at radius 3 is 2.71 bits per heavy atom. The second kappa shape index (κ2) is 5.29. The van der Waals surface area contributed by atoms with E-state index in [0.717, 1.165) is 9.21 Å². The highest BCUT2D eigenvalue weighted by Gasteiger charge is 2.06. The van der Waals surface area contributed by atoms with Crippen LogP contribution in [0, 0.1) is 0 Å². The van der Waals surface area contributed by atoms with Crippen LogP contribution >= 0.6 is 22.9 Å². The molecule has 0 radical (unpaired) electrons. The zero-order valence-corrected chi connectivity index (χ0v) is 10.8. The lowest BCUT2D eigenvalue weighted by molar-refractivity contribution is 0.287. The molecule has 0 aliphatic heterocycles. The molecule has 2 aromatic rings. The topological polar surface area (TPSA) is 44.5 Å². The third-order valence-corrected chi connectivity index (χ3v) is 3.39. The minimum atomic E-state index is 0.456. The standard InChI is InChI=1S/C12H12ClNO2S/c1-15-10-4-2-8(14)6-11(10)16-7-9-3-5-12(13)17-9/h2-6H,7,14H2,1H3. The average molecular weight is 270 g/mol. The summed E-state index contributed by atoms with van der Waals surface area (Å²) in [5.74, 6) is 1.30. The van der Waals surface area contributed by atoms with Gasteiger partial charge in [0.15, 0.2) is 11.5 Å². The number of anilines is 1. The summed E-state index contributed by atoms with van der Waals surface area (Å²) in [7, 11) is 1.60. The summed E-state index contributed by atoms with van der Waals surface area (Å²) in [6.45, 7) is 0.456. The van der Waals surface area contributed by atoms with E-state index in [1.807, 2.05) is 12.1 Å². The summed E-state index contributed by atoms with van der Waals surface area (Å²) in [5.41, 5.74) is 6.34. The Labute approximate surface area is 109 Å². The Morgan fingerprint density at radius 1 is 1.24 bits per heavy atom. The number of rotatable bonds is 4. The van der Waals surface area contributed by atoms with Gasteiger partial charge in [-0.2, -0.15) is 0 Å². The van der Waals surface area contributed by atoms with Crippen LogP contribution in [0.4, 0.5) is 5.69 Å². The van der Waals surface area contributed by atoms with E-state index in [1.54, 1.807) is 25.3 Å². The number of methoxy groups -OCH3 is 1. The summed E-state index contributed by atoms with van der Waals surface area (Å²) in [5, 5.41) is 0. The molecule has 0 saturated heterocycles. The van der Waals surface area contributed by atoms with E-state index in [1.165, 1.54) is 11.3 Å². The van der Waals surface area contributed by atoms with Gasteiger partial charge in [0, 0.05) is 16.6 Å². The van der Waals surface area contributed by atoms with Gasteiger partial charge in [0.05, 0.1) is 11.4 Å². The Hall–Kier alpha value is -1.39. The van der Waals surface area contributed by atoms with Gasteiger partial charge in [-0.25, -0.2) is 0 Å². The van der Waals surface area contributed by atoms with Crippen LogP contribution in [0.5, 0.6) is 11.5 Å². The molecule has 17 heavy (non-hydrogen) atoms. The molecule has 0 saturated carbocycles. The molecule has 0 atom stereocenters. The van der Waals surface area contributed by atoms with Crippen LogP contribution < -0.4 is 15.2 Å². The van der Waals surface area contributed by atoms with Gasteiger partial charge in [-0.15, -0.1) is 11.3 Å². The number of hydrogen-bond donors (Lipinski definition) is 1. The van der Waals surface area contributed by atoms with Crippen LogP contribution in [0.15, 0.2) is 30.3 Å². The fourth-order valence-electron chi connectivity index (χ4n) is 1.38. The van der Waals surface area contributed by atoms with Crippen molar-refractivity contribution < 1.29 is 9.47 Å². The molecule has 1 heterocycles. The van der Waals surface area contributed by atoms with Crippen molar-refractivity contribution >= 4 is 28.6 Å². The number of thiophene rings is 1. The fraction of sp³-hybridized carbons (Fsp3) is 0.167. The second-order valence-corrected chi connectivity index (χ2v) is 5.20. The smallest absolute Gasteiger partial charge is 0.163 e. The van der Waals surface area contributed by atoms with Crippen molar-refractivity contribution in [3.05, 3.63) is 39.5 Å². The predicted octanol–water partition coefficient (Wildman–Crippen LogP) is 3.57. The molecule has 0 aliphatic carbocycles. The highest BCUT2D eigenvalue weighted by molar-refractivity contribution is 7.16. The van der Waals surface area contributed by atoms with E-state index >= 15 is 0 Å². The fourth-order valence-corrected chi connectivity index (χ4v) is 2.39. The van der Waals surface area contributed by atoms with Gasteiger partial charge in [-0.3, -0.25) is 0 Å². The Kier molecular flexibility index (Phi) is 3.76. The van der Waals surface area contributed by atoms with Crippen molar-refractivity contribution in [2.75, 3.05) is 12.8 Å². The molecule has 3 nitrogen and oxygen atoms in total. The SMILES string of the molecule is COc1ccc(N)cc1OCc1ccc(Cl)s1. The van der Waals surface area contributed by atoms with Gasteiger partial charge in [-0.05, 0) is 24.3 Å². The molecule has 0 unspecified atom stereocenters. The zero-order chi connectivity index (χ0) is 12.3. The molecule has 2 N–H and O–H groups in total. The lowest BCUT2D eigenvalue weighted by atomic mass is 10.3. The van der Waals surface area contributed by atoms with E-state index in [0.29, 0.717) is 23.8 Å². The van der Waals surface area contributed by atoms with E-state index in [-0.39, 0.29) is 0 Å². The summed E-state index contributed by atoms with van der Waals surface area (Å²) >= 11 is 7.34. The largest absolute Gasteiger partial charge is 0.493 e. The number of benzene rings is 1.